The number of rotatable bonds is 16. The summed E-state index contributed by atoms with van der Waals surface area (Å²) in [5, 5.41) is 38.9. The highest BCUT2D eigenvalue weighted by Gasteiger charge is 2.55. The van der Waals surface area contributed by atoms with Gasteiger partial charge in [-0.05, 0) is 72.8 Å². The summed E-state index contributed by atoms with van der Waals surface area (Å²) in [6.45, 7) is -10.9. The molecule has 56 heteroatoms. The van der Waals surface area contributed by atoms with Crippen LogP contribution in [0.2, 0.25) is 20.1 Å². The van der Waals surface area contributed by atoms with E-state index in [2.05, 4.69) is 4.52 Å². The lowest BCUT2D eigenvalue weighted by Gasteiger charge is -2.27. The molecule has 0 amide bonds. The van der Waals surface area contributed by atoms with E-state index in [4.69, 9.17) is 123 Å². The largest absolute Gasteiger partial charge is 0.530 e. The van der Waals surface area contributed by atoms with Crippen molar-refractivity contribution in [1.82, 2.24) is 38.2 Å². The summed E-state index contributed by atoms with van der Waals surface area (Å²) in [5.41, 5.74) is -7.48. The van der Waals surface area contributed by atoms with Gasteiger partial charge in [-0.2, -0.15) is 0 Å². The number of phosphoric ester groups is 4. The lowest BCUT2D eigenvalue weighted by Crippen LogP contribution is -2.36. The molecule has 0 saturated carbocycles. The predicted octanol–water partition coefficient (Wildman–Crippen LogP) is 8.03. The minimum Gasteiger partial charge on any atom is -0.404 e. The van der Waals surface area contributed by atoms with Crippen molar-refractivity contribution in [3.63, 3.8) is 0 Å². The van der Waals surface area contributed by atoms with Gasteiger partial charge in [-0.15, -0.1) is 0 Å². The van der Waals surface area contributed by atoms with Crippen molar-refractivity contribution in [2.45, 2.75) is 125 Å². The van der Waals surface area contributed by atoms with Crippen LogP contribution in [0.3, 0.4) is 0 Å². The number of alkyl halides is 4. The Hall–Kier alpha value is -8.32. The molecular formula is C64H56Cl4F8N8O32P4. The molecule has 4 aromatic heterocycles. The highest BCUT2D eigenvalue weighted by Crippen LogP contribution is 2.60. The zero-order valence-corrected chi connectivity index (χ0v) is 65.7. The Balaban J connectivity index is 0.000000144. The van der Waals surface area contributed by atoms with E-state index in [1.54, 1.807) is 9.97 Å². The number of H-pyrrole nitrogens is 4. The van der Waals surface area contributed by atoms with Gasteiger partial charge in [0.05, 0.1) is 34.7 Å². The van der Waals surface area contributed by atoms with Crippen LogP contribution in [0.15, 0.2) is 136 Å². The average Bonchev–Trinajstić information content (AvgIpc) is 1.58. The highest BCUT2D eigenvalue weighted by atomic mass is 35.5. The van der Waals surface area contributed by atoms with Gasteiger partial charge in [0.15, 0.2) is 24.9 Å². The molecule has 8 aliphatic rings. The molecule has 0 bridgehead atoms. The first-order valence-corrected chi connectivity index (χ1v) is 40.8. The molecule has 4 saturated heterocycles. The summed E-state index contributed by atoms with van der Waals surface area (Å²) in [7, 11) is -18.2. The molecule has 0 spiro atoms. The summed E-state index contributed by atoms with van der Waals surface area (Å²) < 4.78 is 294. The van der Waals surface area contributed by atoms with E-state index in [1.165, 1.54) is 12.1 Å². The lowest BCUT2D eigenvalue weighted by molar-refractivity contribution is -0.179. The zero-order valence-electron chi connectivity index (χ0n) is 65.1. The quantitative estimate of drug-likeness (QED) is 0.0335. The van der Waals surface area contributed by atoms with E-state index in [9.17, 15) is 94.6 Å². The van der Waals surface area contributed by atoms with Gasteiger partial charge < -0.3 is 57.5 Å². The first-order chi connectivity index (χ1) is 58.5. The number of aliphatic hydroxyl groups is 4. The summed E-state index contributed by atoms with van der Waals surface area (Å²) in [6, 6.07) is 13.0. The van der Waals surface area contributed by atoms with Gasteiger partial charge in [-0.25, -0.2) is 72.6 Å². The smallest absolute Gasteiger partial charge is 0.404 e. The van der Waals surface area contributed by atoms with Crippen molar-refractivity contribution >= 4 is 77.7 Å². The van der Waals surface area contributed by atoms with Crippen molar-refractivity contribution in [2.75, 3.05) is 26.3 Å². The summed E-state index contributed by atoms with van der Waals surface area (Å²) >= 11 is 22.6. The van der Waals surface area contributed by atoms with Crippen LogP contribution in [-0.4, -0.2) is 133 Å². The fraction of sp³-hybridized carbons (Fsp3) is 0.375. The molecule has 0 aliphatic carbocycles. The van der Waals surface area contributed by atoms with Gasteiger partial charge in [0, 0.05) is 72.7 Å². The number of aromatic amines is 4. The monoisotopic (exact) mass is 1870 g/mol. The number of nitrogens with zero attached hydrogens (tertiary/aromatic N) is 4. The molecule has 16 rings (SSSR count). The van der Waals surface area contributed by atoms with Crippen LogP contribution in [0.25, 0.3) is 0 Å². The fourth-order valence-electron chi connectivity index (χ4n) is 11.5. The van der Waals surface area contributed by atoms with Gasteiger partial charge in [0.25, 0.3) is 22.2 Å². The molecule has 4 unspecified atom stereocenters. The number of halogens is 12. The molecule has 12 heterocycles. The number of fused-ring (bicyclic) bond motifs is 4. The van der Waals surface area contributed by atoms with Crippen molar-refractivity contribution in [3.8, 4) is 23.0 Å². The Kier molecular flexibility index (Phi) is 23.6. The second-order valence-electron chi connectivity index (χ2n) is 25.8. The molecule has 8 N–H and O–H groups in total. The number of benzene rings is 4. The Labute approximate surface area is 689 Å². The minimum atomic E-state index is -4.83. The standard InChI is InChI=1S/4C16H14ClF2N2O8P/c4*17-10-5-21(15(24)20-13(10)23)14-11(22)4-16(19,28-14)7-27-30(25)26-6-8-3-9(18)1-2-12(8)29-30/h4*1-3,5,11,14,22H,4,6-7H2,(H,20,23,24)/t4*11-,14-,16+,30?/m1111/s1/i7D2,14D;14D;7D2;. The number of hydrogen-bond donors (Lipinski definition) is 8. The van der Waals surface area contributed by atoms with Crippen molar-refractivity contribution < 1.29 is 155 Å². The van der Waals surface area contributed by atoms with Crippen LogP contribution in [0.4, 0.5) is 35.1 Å². The first-order valence-electron chi connectivity index (χ1n) is 36.4. The number of phosphoric acid groups is 4. The maximum atomic E-state index is 15.6. The third-order valence-electron chi connectivity index (χ3n) is 17.0. The van der Waals surface area contributed by atoms with E-state index in [0.29, 0.717) is 20.9 Å². The molecule has 4 fully saturated rings. The van der Waals surface area contributed by atoms with Gasteiger partial charge in [-0.3, -0.25) is 93.6 Å². The fourth-order valence-corrected chi connectivity index (χ4v) is 16.8. The van der Waals surface area contributed by atoms with Gasteiger partial charge in [0.2, 0.25) is 23.4 Å². The third kappa shape index (κ3) is 20.5. The molecule has 0 radical (unpaired) electrons. The maximum Gasteiger partial charge on any atom is 0.530 e. The predicted molar refractivity (Wildman–Crippen MR) is 385 cm³/mol. The normalized spacial score (nSPS) is 32.9. The molecule has 16 atom stereocenters. The molecule has 40 nitrogen and oxygen atoms in total. The Morgan fingerprint density at radius 3 is 0.983 bits per heavy atom. The van der Waals surface area contributed by atoms with Crippen LogP contribution < -0.4 is 63.1 Å². The number of aliphatic hydroxyl groups excluding tert-OH is 4. The topological polar surface area (TPSA) is 516 Å². The number of hydrogen-bond acceptors (Lipinski definition) is 32. The number of ether oxygens (including phenoxy) is 4. The van der Waals surface area contributed by atoms with Gasteiger partial charge >= 0.3 is 54.0 Å². The van der Waals surface area contributed by atoms with Crippen LogP contribution in [0.1, 0.15) is 81.0 Å². The summed E-state index contributed by atoms with van der Waals surface area (Å²) in [4.78, 5) is 101. The van der Waals surface area contributed by atoms with E-state index in [0.717, 1.165) is 83.8 Å². The maximum absolute atomic E-state index is 15.6. The zero-order chi connectivity index (χ0) is 92.2. The van der Waals surface area contributed by atoms with Crippen LogP contribution in [-0.2, 0) is 99.8 Å². The Morgan fingerprint density at radius 2 is 0.650 bits per heavy atom. The summed E-state index contributed by atoms with van der Waals surface area (Å²) in [5.74, 6) is -15.2. The number of aromatic nitrogens is 8. The van der Waals surface area contributed by atoms with Crippen LogP contribution in [0, 0.1) is 23.3 Å². The Morgan fingerprint density at radius 1 is 0.400 bits per heavy atom. The van der Waals surface area contributed by atoms with Crippen molar-refractivity contribution in [1.29, 1.82) is 0 Å². The van der Waals surface area contributed by atoms with E-state index in [-0.39, 0.29) is 62.5 Å². The van der Waals surface area contributed by atoms with E-state index >= 15 is 17.6 Å². The number of nitrogens with one attached hydrogen (secondary N) is 4. The molecule has 120 heavy (non-hydrogen) atoms. The van der Waals surface area contributed by atoms with Gasteiger partial charge in [-0.1, -0.05) is 46.4 Å². The molecule has 4 aromatic carbocycles. The van der Waals surface area contributed by atoms with E-state index in [1.807, 2.05) is 9.97 Å². The summed E-state index contributed by atoms with van der Waals surface area (Å²) in [6.07, 6.45) is -17.3. The third-order valence-corrected chi connectivity index (χ3v) is 23.0. The average molecular weight is 1870 g/mol. The molecular weight excluding hydrogens is 1810 g/mol. The van der Waals surface area contributed by atoms with Crippen LogP contribution in [0.5, 0.6) is 23.0 Å². The highest BCUT2D eigenvalue weighted by molar-refractivity contribution is 7.49. The minimum absolute atomic E-state index is 0.0144. The SMILES string of the molecule is O=c1[nH]c(=O)n([C@@H]2O[C@](F)(COP3(=O)OCc4cc(F)ccc4O3)C[C@H]2O)cc1Cl.[2H]C([2H])(OP1(=O)OCc2cc(F)ccc2O1)[C@]1(F)C[C@@H](O)[C@H](n2cc(Cl)c(=O)[nH]c2=O)O1.[2H]C([2H])(OP1(=O)OCc2cc(F)ccc2O1)[C@]1(F)C[C@@H](O)[C@]([2H])(n2cc(Cl)c(=O)[nH]c2=O)O1.[2H][C@@]1(n2cc(Cl)c(=O)[nH]c2=O)O[C@](F)(COP2(=O)OCc3cc(F)ccc3O2)C[C@H]1O. The van der Waals surface area contributed by atoms with Crippen LogP contribution >= 0.6 is 77.7 Å². The molecule has 648 valence electrons. The molecule has 8 aliphatic heterocycles. The van der Waals surface area contributed by atoms with Crippen molar-refractivity contribution in [3.05, 3.63) is 247 Å². The molecule has 8 aromatic rings. The lowest BCUT2D eigenvalue weighted by atomic mass is 10.2. The second kappa shape index (κ2) is 34.8. The second-order valence-corrected chi connectivity index (χ2v) is 33.6. The van der Waals surface area contributed by atoms with E-state index < -0.39 is 253 Å². The van der Waals surface area contributed by atoms with Gasteiger partial charge in [0.1, 0.15) is 117 Å². The first kappa shape index (κ1) is 81.4. The Bertz CT molecular complexity index is 6400. The van der Waals surface area contributed by atoms with Crippen molar-refractivity contribution in [2.24, 2.45) is 0 Å².